The largest absolute Gasteiger partial charge is 0.378 e. The van der Waals surface area contributed by atoms with Crippen molar-refractivity contribution in [2.45, 2.75) is 19.6 Å². The molecule has 0 unspecified atom stereocenters. The topological polar surface area (TPSA) is 66.5 Å². The second-order valence-corrected chi connectivity index (χ2v) is 6.92. The first-order valence-electron chi connectivity index (χ1n) is 8.47. The summed E-state index contributed by atoms with van der Waals surface area (Å²) in [4.78, 5) is 14.8. The van der Waals surface area contributed by atoms with Crippen LogP contribution in [0.5, 0.6) is 0 Å². The number of aryl methyl sites for hydroxylation is 1. The van der Waals surface area contributed by atoms with E-state index in [2.05, 4.69) is 44.2 Å². The maximum absolute atomic E-state index is 12.5. The number of benzene rings is 1. The average Bonchev–Trinajstić information content (AvgIpc) is 3.02. The molecule has 0 aliphatic carbocycles. The molecule has 7 heteroatoms. The number of hydrogen-bond acceptors (Lipinski definition) is 6. The smallest absolute Gasteiger partial charge is 0.256 e. The first kappa shape index (κ1) is 17.8. The molecule has 1 fully saturated rings. The highest BCUT2D eigenvalue weighted by atomic mass is 32.1. The lowest BCUT2D eigenvalue weighted by Gasteiger charge is -2.33. The minimum absolute atomic E-state index is 0.00588. The summed E-state index contributed by atoms with van der Waals surface area (Å²) in [7, 11) is 1.80. The summed E-state index contributed by atoms with van der Waals surface area (Å²) < 4.78 is 10.1. The molecule has 1 aromatic heterocycles. The van der Waals surface area contributed by atoms with Crippen molar-refractivity contribution in [3.05, 3.63) is 47.2 Å². The zero-order valence-corrected chi connectivity index (χ0v) is 15.4. The minimum Gasteiger partial charge on any atom is -0.378 e. The lowest BCUT2D eigenvalue weighted by molar-refractivity contribution is -0.0292. The van der Waals surface area contributed by atoms with Crippen LogP contribution in [0.1, 0.15) is 21.6 Å². The van der Waals surface area contributed by atoms with E-state index in [0.717, 1.165) is 30.3 Å². The van der Waals surface area contributed by atoms with Crippen molar-refractivity contribution >= 4 is 22.4 Å². The van der Waals surface area contributed by atoms with Crippen LogP contribution in [0.15, 0.2) is 30.3 Å². The Bertz CT molecular complexity index is 704. The van der Waals surface area contributed by atoms with E-state index in [4.69, 9.17) is 4.74 Å². The van der Waals surface area contributed by atoms with E-state index in [1.165, 1.54) is 17.1 Å². The summed E-state index contributed by atoms with van der Waals surface area (Å²) in [5.74, 6) is -0.0978. The molecule has 1 aliphatic heterocycles. The van der Waals surface area contributed by atoms with E-state index < -0.39 is 0 Å². The third-order valence-corrected chi connectivity index (χ3v) is 5.24. The molecule has 0 saturated carbocycles. The van der Waals surface area contributed by atoms with E-state index in [0.29, 0.717) is 18.7 Å². The SMILES string of the molecule is CNc1snc(C)c1C(=O)NC[C@H]1CN(Cc2ccccc2)CCO1. The number of morpholine rings is 1. The predicted molar refractivity (Wildman–Crippen MR) is 100 cm³/mol. The van der Waals surface area contributed by atoms with Gasteiger partial charge in [-0.2, -0.15) is 4.37 Å². The monoisotopic (exact) mass is 360 g/mol. The second kappa shape index (κ2) is 8.42. The molecule has 1 aliphatic rings. The Morgan fingerprint density at radius 2 is 2.20 bits per heavy atom. The molecule has 0 radical (unpaired) electrons. The number of amides is 1. The maximum Gasteiger partial charge on any atom is 0.256 e. The predicted octanol–water partition coefficient (Wildman–Crippen LogP) is 2.12. The van der Waals surface area contributed by atoms with Gasteiger partial charge >= 0.3 is 0 Å². The fourth-order valence-electron chi connectivity index (χ4n) is 2.99. The molecule has 134 valence electrons. The van der Waals surface area contributed by atoms with Crippen molar-refractivity contribution in [3.63, 3.8) is 0 Å². The number of ether oxygens (including phenoxy) is 1. The van der Waals surface area contributed by atoms with Gasteiger partial charge < -0.3 is 15.4 Å². The Balaban J connectivity index is 1.52. The molecule has 6 nitrogen and oxygen atoms in total. The Morgan fingerprint density at radius 3 is 2.96 bits per heavy atom. The number of nitrogens with one attached hydrogen (secondary N) is 2. The molecular formula is C18H24N4O2S. The van der Waals surface area contributed by atoms with E-state index in [9.17, 15) is 4.79 Å². The number of aromatic nitrogens is 1. The van der Waals surface area contributed by atoms with Gasteiger partial charge in [0.25, 0.3) is 5.91 Å². The van der Waals surface area contributed by atoms with Crippen molar-refractivity contribution in [2.24, 2.45) is 0 Å². The summed E-state index contributed by atoms with van der Waals surface area (Å²) in [5.41, 5.74) is 2.68. The summed E-state index contributed by atoms with van der Waals surface area (Å²) in [5, 5.41) is 6.81. The normalized spacial score (nSPS) is 18.1. The van der Waals surface area contributed by atoms with Crippen LogP contribution in [0.3, 0.4) is 0 Å². The van der Waals surface area contributed by atoms with Gasteiger partial charge in [-0.3, -0.25) is 9.69 Å². The van der Waals surface area contributed by atoms with Gasteiger partial charge in [0, 0.05) is 33.2 Å². The molecular weight excluding hydrogens is 336 g/mol. The van der Waals surface area contributed by atoms with Gasteiger partial charge in [0.2, 0.25) is 0 Å². The third-order valence-electron chi connectivity index (χ3n) is 4.28. The fourth-order valence-corrected chi connectivity index (χ4v) is 3.73. The molecule has 1 amide bonds. The van der Waals surface area contributed by atoms with Crippen LogP contribution in [0, 0.1) is 6.92 Å². The zero-order valence-electron chi connectivity index (χ0n) is 14.6. The third kappa shape index (κ3) is 4.56. The minimum atomic E-state index is -0.0978. The number of hydrogen-bond donors (Lipinski definition) is 2. The Kier molecular flexibility index (Phi) is 6.01. The van der Waals surface area contributed by atoms with Crippen LogP contribution < -0.4 is 10.6 Å². The van der Waals surface area contributed by atoms with Crippen LogP contribution in [0.2, 0.25) is 0 Å². The molecule has 2 aromatic rings. The van der Waals surface area contributed by atoms with Gasteiger partial charge in [-0.15, -0.1) is 0 Å². The van der Waals surface area contributed by atoms with E-state index >= 15 is 0 Å². The van der Waals surface area contributed by atoms with Gasteiger partial charge in [-0.05, 0) is 24.0 Å². The summed E-state index contributed by atoms with van der Waals surface area (Å²) in [6, 6.07) is 10.4. The van der Waals surface area contributed by atoms with Crippen molar-refractivity contribution in [2.75, 3.05) is 38.6 Å². The molecule has 25 heavy (non-hydrogen) atoms. The quantitative estimate of drug-likeness (QED) is 0.826. The van der Waals surface area contributed by atoms with Crippen molar-refractivity contribution < 1.29 is 9.53 Å². The molecule has 2 N–H and O–H groups in total. The van der Waals surface area contributed by atoms with Gasteiger partial charge in [-0.25, -0.2) is 0 Å². The number of carbonyl (C=O) groups excluding carboxylic acids is 1. The first-order valence-corrected chi connectivity index (χ1v) is 9.25. The number of carbonyl (C=O) groups is 1. The highest BCUT2D eigenvalue weighted by molar-refractivity contribution is 7.10. The van der Waals surface area contributed by atoms with Crippen LogP contribution in [-0.4, -0.2) is 54.6 Å². The molecule has 1 atom stereocenters. The molecule has 3 rings (SSSR count). The second-order valence-electron chi connectivity index (χ2n) is 6.15. The molecule has 0 spiro atoms. The van der Waals surface area contributed by atoms with Crippen molar-refractivity contribution in [3.8, 4) is 0 Å². The molecule has 1 saturated heterocycles. The number of rotatable bonds is 6. The highest BCUT2D eigenvalue weighted by Gasteiger charge is 2.23. The lowest BCUT2D eigenvalue weighted by atomic mass is 10.2. The van der Waals surface area contributed by atoms with Crippen LogP contribution in [0.4, 0.5) is 5.00 Å². The fraction of sp³-hybridized carbons (Fsp3) is 0.444. The van der Waals surface area contributed by atoms with E-state index in [1.54, 1.807) is 7.05 Å². The Labute approximate surface area is 152 Å². The summed E-state index contributed by atoms with van der Waals surface area (Å²) in [6.45, 7) is 5.68. The van der Waals surface area contributed by atoms with Crippen LogP contribution in [0.25, 0.3) is 0 Å². The van der Waals surface area contributed by atoms with Crippen molar-refractivity contribution in [1.29, 1.82) is 0 Å². The zero-order chi connectivity index (χ0) is 17.6. The van der Waals surface area contributed by atoms with Crippen molar-refractivity contribution in [1.82, 2.24) is 14.6 Å². The van der Waals surface area contributed by atoms with Gasteiger partial charge in [0.15, 0.2) is 0 Å². The molecule has 0 bridgehead atoms. The van der Waals surface area contributed by atoms with Gasteiger partial charge in [-0.1, -0.05) is 30.3 Å². The number of nitrogens with zero attached hydrogens (tertiary/aromatic N) is 2. The van der Waals surface area contributed by atoms with Gasteiger partial charge in [0.1, 0.15) is 5.00 Å². The Morgan fingerprint density at radius 1 is 1.40 bits per heavy atom. The van der Waals surface area contributed by atoms with Crippen LogP contribution in [-0.2, 0) is 11.3 Å². The van der Waals surface area contributed by atoms with E-state index in [-0.39, 0.29) is 12.0 Å². The maximum atomic E-state index is 12.5. The number of anilines is 1. The standard InChI is InChI=1S/C18H24N4O2S/c1-13-16(18(19-2)25-21-13)17(23)20-10-15-12-22(8-9-24-15)11-14-6-4-3-5-7-14/h3-7,15,19H,8-12H2,1-2H3,(H,20,23)/t15-/m0/s1. The van der Waals surface area contributed by atoms with E-state index in [1.807, 2.05) is 13.0 Å². The highest BCUT2D eigenvalue weighted by Crippen LogP contribution is 2.23. The first-order chi connectivity index (χ1) is 12.2. The lowest BCUT2D eigenvalue weighted by Crippen LogP contribution is -2.47. The molecule has 2 heterocycles. The summed E-state index contributed by atoms with van der Waals surface area (Å²) >= 11 is 1.31. The van der Waals surface area contributed by atoms with Gasteiger partial charge in [0.05, 0.1) is 24.0 Å². The van der Waals surface area contributed by atoms with Crippen LogP contribution >= 0.6 is 11.5 Å². The average molecular weight is 360 g/mol. The summed E-state index contributed by atoms with van der Waals surface area (Å²) in [6.07, 6.45) is 0.00588. The Hall–Kier alpha value is -1.96. The molecule has 1 aromatic carbocycles.